The van der Waals surface area contributed by atoms with Crippen molar-refractivity contribution in [2.45, 2.75) is 6.04 Å². The summed E-state index contributed by atoms with van der Waals surface area (Å²) in [5, 5.41) is 0.563. The van der Waals surface area contributed by atoms with Gasteiger partial charge in [0.15, 0.2) is 0 Å². The Hall–Kier alpha value is -1.30. The van der Waals surface area contributed by atoms with Gasteiger partial charge in [-0.25, -0.2) is 0 Å². The number of halogens is 1. The SMILES string of the molecule is CN(CCOc1ccccc1Cl)C(=O)C1COCC1N. The fourth-order valence-electron chi connectivity index (χ4n) is 2.07. The Morgan fingerprint density at radius 3 is 2.90 bits per heavy atom. The molecule has 2 unspecified atom stereocenters. The predicted octanol–water partition coefficient (Wildman–Crippen LogP) is 1.15. The molecule has 1 fully saturated rings. The number of carbonyl (C=O) groups is 1. The maximum absolute atomic E-state index is 12.1. The molecule has 1 aliphatic rings. The molecule has 0 aromatic heterocycles. The first-order valence-electron chi connectivity index (χ1n) is 6.55. The average molecular weight is 299 g/mol. The molecular weight excluding hydrogens is 280 g/mol. The molecule has 0 spiro atoms. The zero-order valence-electron chi connectivity index (χ0n) is 11.4. The van der Waals surface area contributed by atoms with Crippen LogP contribution in [0.2, 0.25) is 5.02 Å². The number of likely N-dealkylation sites (N-methyl/N-ethyl adjacent to an activating group) is 1. The first-order chi connectivity index (χ1) is 9.59. The maximum Gasteiger partial charge on any atom is 0.229 e. The molecule has 2 N–H and O–H groups in total. The van der Waals surface area contributed by atoms with Gasteiger partial charge in [0, 0.05) is 13.1 Å². The second-order valence-electron chi connectivity index (χ2n) is 4.85. The Morgan fingerprint density at radius 1 is 1.50 bits per heavy atom. The van der Waals surface area contributed by atoms with Crippen LogP contribution in [-0.4, -0.2) is 50.3 Å². The minimum absolute atomic E-state index is 0.00208. The van der Waals surface area contributed by atoms with Crippen molar-refractivity contribution in [1.82, 2.24) is 4.90 Å². The largest absolute Gasteiger partial charge is 0.490 e. The van der Waals surface area contributed by atoms with Crippen LogP contribution in [0, 0.1) is 5.92 Å². The van der Waals surface area contributed by atoms with E-state index < -0.39 is 0 Å². The van der Waals surface area contributed by atoms with E-state index in [9.17, 15) is 4.79 Å². The lowest BCUT2D eigenvalue weighted by molar-refractivity contribution is -0.134. The van der Waals surface area contributed by atoms with Crippen molar-refractivity contribution in [2.24, 2.45) is 11.7 Å². The molecule has 0 bridgehead atoms. The molecule has 110 valence electrons. The molecule has 6 heteroatoms. The van der Waals surface area contributed by atoms with E-state index in [-0.39, 0.29) is 17.9 Å². The van der Waals surface area contributed by atoms with Gasteiger partial charge in [0.05, 0.1) is 30.7 Å². The monoisotopic (exact) mass is 298 g/mol. The van der Waals surface area contributed by atoms with Crippen LogP contribution in [0.15, 0.2) is 24.3 Å². The summed E-state index contributed by atoms with van der Waals surface area (Å²) in [5.41, 5.74) is 5.84. The molecule has 0 radical (unpaired) electrons. The number of nitrogens with two attached hydrogens (primary N) is 1. The Morgan fingerprint density at radius 2 is 2.25 bits per heavy atom. The van der Waals surface area contributed by atoms with Crippen LogP contribution in [0.3, 0.4) is 0 Å². The summed E-state index contributed by atoms with van der Waals surface area (Å²) in [6.07, 6.45) is 0. The molecule has 0 saturated carbocycles. The van der Waals surface area contributed by atoms with Crippen molar-refractivity contribution in [3.05, 3.63) is 29.3 Å². The van der Waals surface area contributed by atoms with Crippen molar-refractivity contribution >= 4 is 17.5 Å². The highest BCUT2D eigenvalue weighted by Gasteiger charge is 2.33. The number of ether oxygens (including phenoxy) is 2. The summed E-state index contributed by atoms with van der Waals surface area (Å²) in [6, 6.07) is 7.04. The van der Waals surface area contributed by atoms with Crippen LogP contribution in [0.4, 0.5) is 0 Å². The Bertz CT molecular complexity index is 469. The fraction of sp³-hybridized carbons (Fsp3) is 0.500. The molecule has 1 aromatic carbocycles. The number of benzene rings is 1. The molecule has 2 atom stereocenters. The van der Waals surface area contributed by atoms with Crippen molar-refractivity contribution in [3.8, 4) is 5.75 Å². The highest BCUT2D eigenvalue weighted by molar-refractivity contribution is 6.32. The van der Waals surface area contributed by atoms with Gasteiger partial charge in [-0.1, -0.05) is 23.7 Å². The van der Waals surface area contributed by atoms with Gasteiger partial charge in [0.1, 0.15) is 12.4 Å². The number of amides is 1. The van der Waals surface area contributed by atoms with E-state index in [1.54, 1.807) is 24.1 Å². The van der Waals surface area contributed by atoms with Gasteiger partial charge in [0.2, 0.25) is 5.91 Å². The average Bonchev–Trinajstić information content (AvgIpc) is 2.86. The quantitative estimate of drug-likeness (QED) is 0.886. The topological polar surface area (TPSA) is 64.8 Å². The molecule has 2 rings (SSSR count). The minimum Gasteiger partial charge on any atom is -0.490 e. The van der Waals surface area contributed by atoms with Crippen molar-refractivity contribution in [3.63, 3.8) is 0 Å². The standard InChI is InChI=1S/C14H19ClN2O3/c1-17(14(18)10-8-19-9-12(10)16)6-7-20-13-5-3-2-4-11(13)15/h2-5,10,12H,6-9,16H2,1H3. The fourth-order valence-corrected chi connectivity index (χ4v) is 2.26. The van der Waals surface area contributed by atoms with E-state index in [0.717, 1.165) is 0 Å². The maximum atomic E-state index is 12.1. The number of nitrogens with zero attached hydrogens (tertiary/aromatic N) is 1. The summed E-state index contributed by atoms with van der Waals surface area (Å²) in [7, 11) is 1.74. The number of hydrogen-bond acceptors (Lipinski definition) is 4. The van der Waals surface area contributed by atoms with E-state index in [1.165, 1.54) is 0 Å². The van der Waals surface area contributed by atoms with Crippen molar-refractivity contribution in [2.75, 3.05) is 33.4 Å². The molecule has 1 heterocycles. The molecular formula is C14H19ClN2O3. The van der Waals surface area contributed by atoms with Crippen molar-refractivity contribution < 1.29 is 14.3 Å². The van der Waals surface area contributed by atoms with Crippen LogP contribution in [0.1, 0.15) is 0 Å². The Kier molecular flexibility index (Phi) is 5.23. The van der Waals surface area contributed by atoms with Gasteiger partial charge in [-0.05, 0) is 12.1 Å². The number of para-hydroxylation sites is 1. The molecule has 1 aliphatic heterocycles. The number of carbonyl (C=O) groups excluding carboxylic acids is 1. The van der Waals surface area contributed by atoms with Crippen LogP contribution in [-0.2, 0) is 9.53 Å². The molecule has 1 saturated heterocycles. The molecule has 0 aliphatic carbocycles. The summed E-state index contributed by atoms with van der Waals surface area (Å²) in [6.45, 7) is 1.71. The third-order valence-corrected chi connectivity index (χ3v) is 3.65. The zero-order valence-corrected chi connectivity index (χ0v) is 12.2. The second-order valence-corrected chi connectivity index (χ2v) is 5.25. The second kappa shape index (κ2) is 6.92. The van der Waals surface area contributed by atoms with Crippen LogP contribution in [0.25, 0.3) is 0 Å². The first-order valence-corrected chi connectivity index (χ1v) is 6.93. The van der Waals surface area contributed by atoms with Crippen molar-refractivity contribution in [1.29, 1.82) is 0 Å². The lowest BCUT2D eigenvalue weighted by Gasteiger charge is -2.22. The van der Waals surface area contributed by atoms with Gasteiger partial charge in [-0.3, -0.25) is 4.79 Å². The lowest BCUT2D eigenvalue weighted by Crippen LogP contribution is -2.43. The first kappa shape index (κ1) is 15.1. The van der Waals surface area contributed by atoms with Gasteiger partial charge in [-0.2, -0.15) is 0 Å². The Balaban J connectivity index is 1.79. The molecule has 1 amide bonds. The summed E-state index contributed by atoms with van der Waals surface area (Å²) in [4.78, 5) is 13.8. The molecule has 20 heavy (non-hydrogen) atoms. The summed E-state index contributed by atoms with van der Waals surface area (Å²) in [5.74, 6) is 0.369. The van der Waals surface area contributed by atoms with E-state index in [4.69, 9.17) is 26.8 Å². The Labute approximate surface area is 123 Å². The smallest absolute Gasteiger partial charge is 0.229 e. The molecule has 5 nitrogen and oxygen atoms in total. The van der Waals surface area contributed by atoms with E-state index in [1.807, 2.05) is 12.1 Å². The van der Waals surface area contributed by atoms with Gasteiger partial charge in [0.25, 0.3) is 0 Å². The molecule has 1 aromatic rings. The van der Waals surface area contributed by atoms with Gasteiger partial charge in [-0.15, -0.1) is 0 Å². The van der Waals surface area contributed by atoms with Crippen LogP contribution < -0.4 is 10.5 Å². The predicted molar refractivity (Wildman–Crippen MR) is 76.9 cm³/mol. The third kappa shape index (κ3) is 3.62. The summed E-state index contributed by atoms with van der Waals surface area (Å²) >= 11 is 5.99. The van der Waals surface area contributed by atoms with E-state index in [2.05, 4.69) is 0 Å². The van der Waals surface area contributed by atoms with E-state index in [0.29, 0.717) is 37.1 Å². The van der Waals surface area contributed by atoms with Crippen LogP contribution in [0.5, 0.6) is 5.75 Å². The lowest BCUT2D eigenvalue weighted by atomic mass is 10.0. The van der Waals surface area contributed by atoms with E-state index >= 15 is 0 Å². The number of rotatable bonds is 5. The minimum atomic E-state index is -0.250. The number of hydrogen-bond donors (Lipinski definition) is 1. The van der Waals surface area contributed by atoms with Gasteiger partial charge >= 0.3 is 0 Å². The van der Waals surface area contributed by atoms with Crippen LogP contribution >= 0.6 is 11.6 Å². The highest BCUT2D eigenvalue weighted by atomic mass is 35.5. The normalized spacial score (nSPS) is 21.8. The highest BCUT2D eigenvalue weighted by Crippen LogP contribution is 2.23. The summed E-state index contributed by atoms with van der Waals surface area (Å²) < 4.78 is 10.8. The van der Waals surface area contributed by atoms with Gasteiger partial charge < -0.3 is 20.1 Å². The third-order valence-electron chi connectivity index (χ3n) is 3.34. The zero-order chi connectivity index (χ0) is 14.5.